The zero-order valence-corrected chi connectivity index (χ0v) is 9.77. The van der Waals surface area contributed by atoms with Crippen molar-refractivity contribution in [3.63, 3.8) is 0 Å². The minimum Gasteiger partial charge on any atom is -0.494 e. The highest BCUT2D eigenvalue weighted by Gasteiger charge is 2.15. The molecule has 0 aliphatic carbocycles. The first-order valence-corrected chi connectivity index (χ1v) is 5.46. The number of anilines is 1. The van der Waals surface area contributed by atoms with Crippen LogP contribution in [0.3, 0.4) is 0 Å². The molecule has 1 aliphatic heterocycles. The molecule has 0 bridgehead atoms. The van der Waals surface area contributed by atoms with Gasteiger partial charge in [0.25, 0.3) is 5.91 Å². The lowest BCUT2D eigenvalue weighted by molar-refractivity contribution is -0.117. The predicted octanol–water partition coefficient (Wildman–Crippen LogP) is 2.11. The first-order chi connectivity index (χ1) is 9.15. The number of halogens is 2. The van der Waals surface area contributed by atoms with E-state index >= 15 is 0 Å². The molecule has 1 N–H and O–H groups in total. The molecule has 0 fully saturated rings. The van der Waals surface area contributed by atoms with E-state index in [2.05, 4.69) is 10.1 Å². The van der Waals surface area contributed by atoms with Gasteiger partial charge in [-0.1, -0.05) is 0 Å². The van der Waals surface area contributed by atoms with Gasteiger partial charge in [-0.25, -0.2) is 0 Å². The third-order valence-electron chi connectivity index (χ3n) is 2.21. The second kappa shape index (κ2) is 6.03. The van der Waals surface area contributed by atoms with Crippen LogP contribution in [0.1, 0.15) is 0 Å². The third-order valence-corrected chi connectivity index (χ3v) is 2.21. The minimum atomic E-state index is -2.88. The lowest BCUT2D eigenvalue weighted by Crippen LogP contribution is -2.21. The van der Waals surface area contributed by atoms with Crippen molar-refractivity contribution in [1.29, 1.82) is 0 Å². The van der Waals surface area contributed by atoms with Gasteiger partial charge in [0.15, 0.2) is 0 Å². The number of hydrogen-bond acceptors (Lipinski definition) is 4. The van der Waals surface area contributed by atoms with Crippen molar-refractivity contribution in [2.45, 2.75) is 6.61 Å². The number of rotatable bonds is 4. The number of carbonyl (C=O) groups is 1. The summed E-state index contributed by atoms with van der Waals surface area (Å²) in [4.78, 5) is 11.7. The number of carbonyl (C=O) groups excluding carboxylic acids is 1. The SMILES string of the molecule is O=C(Nc1ccc(OC(F)F)cc1)C1=COCCO1. The molecule has 7 heteroatoms. The summed E-state index contributed by atoms with van der Waals surface area (Å²) in [6.07, 6.45) is 1.23. The number of ether oxygens (including phenoxy) is 3. The highest BCUT2D eigenvalue weighted by molar-refractivity contribution is 6.02. The number of amides is 1. The molecular weight excluding hydrogens is 260 g/mol. The summed E-state index contributed by atoms with van der Waals surface area (Å²) in [5.74, 6) is -0.383. The summed E-state index contributed by atoms with van der Waals surface area (Å²) in [5, 5.41) is 2.54. The van der Waals surface area contributed by atoms with Crippen molar-refractivity contribution < 1.29 is 27.8 Å². The second-order valence-electron chi connectivity index (χ2n) is 3.56. The van der Waals surface area contributed by atoms with Crippen LogP contribution in [0.4, 0.5) is 14.5 Å². The molecular formula is C12H11F2NO4. The molecule has 1 aromatic carbocycles. The van der Waals surface area contributed by atoms with Crippen LogP contribution < -0.4 is 10.1 Å². The maximum atomic E-state index is 11.9. The second-order valence-corrected chi connectivity index (χ2v) is 3.56. The normalized spacial score (nSPS) is 14.2. The molecule has 2 rings (SSSR count). The Morgan fingerprint density at radius 1 is 1.26 bits per heavy atom. The fourth-order valence-electron chi connectivity index (χ4n) is 1.40. The highest BCUT2D eigenvalue weighted by Crippen LogP contribution is 2.18. The first-order valence-electron chi connectivity index (χ1n) is 5.46. The number of benzene rings is 1. The van der Waals surface area contributed by atoms with E-state index in [-0.39, 0.29) is 11.5 Å². The molecule has 1 aliphatic rings. The number of alkyl halides is 2. The smallest absolute Gasteiger partial charge is 0.387 e. The Balaban J connectivity index is 1.95. The molecule has 0 radical (unpaired) electrons. The quantitative estimate of drug-likeness (QED) is 0.911. The molecule has 0 spiro atoms. The first kappa shape index (κ1) is 13.1. The molecule has 19 heavy (non-hydrogen) atoms. The van der Waals surface area contributed by atoms with Gasteiger partial charge in [0.1, 0.15) is 25.2 Å². The fraction of sp³-hybridized carbons (Fsp3) is 0.250. The van der Waals surface area contributed by atoms with E-state index in [4.69, 9.17) is 9.47 Å². The van der Waals surface area contributed by atoms with Gasteiger partial charge in [0, 0.05) is 5.69 Å². The van der Waals surface area contributed by atoms with Crippen LogP contribution in [-0.2, 0) is 14.3 Å². The van der Waals surface area contributed by atoms with Gasteiger partial charge in [0.05, 0.1) is 0 Å². The zero-order chi connectivity index (χ0) is 13.7. The van der Waals surface area contributed by atoms with Crippen LogP contribution >= 0.6 is 0 Å². The van der Waals surface area contributed by atoms with E-state index in [1.54, 1.807) is 0 Å². The van der Waals surface area contributed by atoms with Crippen LogP contribution in [0.15, 0.2) is 36.3 Å². The average molecular weight is 271 g/mol. The van der Waals surface area contributed by atoms with E-state index < -0.39 is 12.5 Å². The van der Waals surface area contributed by atoms with Crippen molar-refractivity contribution in [2.75, 3.05) is 18.5 Å². The van der Waals surface area contributed by atoms with Gasteiger partial charge >= 0.3 is 6.61 Å². The Morgan fingerprint density at radius 2 is 2.00 bits per heavy atom. The molecule has 0 atom stereocenters. The molecule has 1 amide bonds. The Kier molecular flexibility index (Phi) is 4.17. The summed E-state index contributed by atoms with van der Waals surface area (Å²) in [6.45, 7) is -2.17. The molecule has 0 unspecified atom stereocenters. The average Bonchev–Trinajstić information content (AvgIpc) is 2.41. The Hall–Kier alpha value is -2.31. The monoisotopic (exact) mass is 271 g/mol. The summed E-state index contributed by atoms with van der Waals surface area (Å²) in [6, 6.07) is 5.54. The van der Waals surface area contributed by atoms with Gasteiger partial charge in [-0.05, 0) is 24.3 Å². The summed E-state index contributed by atoms with van der Waals surface area (Å²) in [7, 11) is 0. The maximum Gasteiger partial charge on any atom is 0.387 e. The Bertz CT molecular complexity index is 473. The molecule has 0 saturated heterocycles. The number of nitrogens with one attached hydrogen (secondary N) is 1. The van der Waals surface area contributed by atoms with E-state index in [1.165, 1.54) is 30.5 Å². The number of hydrogen-bond donors (Lipinski definition) is 1. The van der Waals surface area contributed by atoms with Crippen molar-refractivity contribution >= 4 is 11.6 Å². The summed E-state index contributed by atoms with van der Waals surface area (Å²) in [5.41, 5.74) is 0.432. The summed E-state index contributed by atoms with van der Waals surface area (Å²) < 4.78 is 38.1. The zero-order valence-electron chi connectivity index (χ0n) is 9.77. The van der Waals surface area contributed by atoms with Gasteiger partial charge < -0.3 is 19.5 Å². The lowest BCUT2D eigenvalue weighted by atomic mass is 10.3. The lowest BCUT2D eigenvalue weighted by Gasteiger charge is -2.15. The van der Waals surface area contributed by atoms with Crippen molar-refractivity contribution in [3.05, 3.63) is 36.3 Å². The topological polar surface area (TPSA) is 56.8 Å². The Labute approximate surface area is 107 Å². The fourth-order valence-corrected chi connectivity index (χ4v) is 1.40. The van der Waals surface area contributed by atoms with Crippen molar-refractivity contribution in [2.24, 2.45) is 0 Å². The van der Waals surface area contributed by atoms with Crippen LogP contribution in [0, 0.1) is 0 Å². The maximum absolute atomic E-state index is 11.9. The van der Waals surface area contributed by atoms with Crippen molar-refractivity contribution in [1.82, 2.24) is 0 Å². The molecule has 5 nitrogen and oxygen atoms in total. The highest BCUT2D eigenvalue weighted by atomic mass is 19.3. The van der Waals surface area contributed by atoms with Gasteiger partial charge in [-0.2, -0.15) is 8.78 Å². The van der Waals surface area contributed by atoms with Crippen LogP contribution in [0.5, 0.6) is 5.75 Å². The van der Waals surface area contributed by atoms with E-state index in [9.17, 15) is 13.6 Å². The van der Waals surface area contributed by atoms with Gasteiger partial charge in [-0.15, -0.1) is 0 Å². The van der Waals surface area contributed by atoms with Crippen LogP contribution in [0.25, 0.3) is 0 Å². The standard InChI is InChI=1S/C12H11F2NO4/c13-12(14)19-9-3-1-8(2-4-9)15-11(16)10-7-17-5-6-18-10/h1-4,7,12H,5-6H2,(H,15,16). The third kappa shape index (κ3) is 3.84. The van der Waals surface area contributed by atoms with E-state index in [1.807, 2.05) is 0 Å². The molecule has 0 saturated carbocycles. The minimum absolute atomic E-state index is 0.0180. The summed E-state index contributed by atoms with van der Waals surface area (Å²) >= 11 is 0. The van der Waals surface area contributed by atoms with Gasteiger partial charge in [0.2, 0.25) is 5.76 Å². The van der Waals surface area contributed by atoms with Crippen LogP contribution in [0.2, 0.25) is 0 Å². The molecule has 102 valence electrons. The Morgan fingerprint density at radius 3 is 2.58 bits per heavy atom. The largest absolute Gasteiger partial charge is 0.494 e. The van der Waals surface area contributed by atoms with Gasteiger partial charge in [-0.3, -0.25) is 4.79 Å². The molecule has 1 heterocycles. The van der Waals surface area contributed by atoms with E-state index in [0.717, 1.165) is 0 Å². The molecule has 1 aromatic rings. The van der Waals surface area contributed by atoms with E-state index in [0.29, 0.717) is 18.9 Å². The predicted molar refractivity (Wildman–Crippen MR) is 61.7 cm³/mol. The van der Waals surface area contributed by atoms with Crippen LogP contribution in [-0.4, -0.2) is 25.7 Å². The van der Waals surface area contributed by atoms with Crippen molar-refractivity contribution in [3.8, 4) is 5.75 Å². The molecule has 0 aromatic heterocycles.